The Kier molecular flexibility index (Phi) is 6.46. The van der Waals surface area contributed by atoms with Crippen LogP contribution in [0.1, 0.15) is 43.9 Å². The maximum absolute atomic E-state index is 12.7. The lowest BCUT2D eigenvalue weighted by Crippen LogP contribution is -2.31. The van der Waals surface area contributed by atoms with Gasteiger partial charge in [-0.25, -0.2) is 13.1 Å². The summed E-state index contributed by atoms with van der Waals surface area (Å²) in [5.74, 6) is 0.258. The number of hydrogen-bond donors (Lipinski definition) is 1. The van der Waals surface area contributed by atoms with Crippen molar-refractivity contribution in [1.29, 1.82) is 0 Å². The Labute approximate surface area is 206 Å². The molecule has 0 saturated heterocycles. The van der Waals surface area contributed by atoms with Gasteiger partial charge in [0.1, 0.15) is 5.75 Å². The fourth-order valence-corrected chi connectivity index (χ4v) is 4.89. The van der Waals surface area contributed by atoms with Gasteiger partial charge in [0.2, 0.25) is 15.9 Å². The number of sulfonamides is 1. The molecule has 2 aromatic carbocycles. The molecule has 2 aromatic rings. The molecular formula is C27H30N2O5S. The minimum atomic E-state index is -3.28. The van der Waals surface area contributed by atoms with Crippen LogP contribution in [0.5, 0.6) is 5.75 Å². The number of carbonyl (C=O) groups excluding carboxylic acids is 2. The van der Waals surface area contributed by atoms with E-state index in [4.69, 9.17) is 4.74 Å². The third-order valence-electron chi connectivity index (χ3n) is 6.22. The summed E-state index contributed by atoms with van der Waals surface area (Å²) in [4.78, 5) is 25.9. The minimum Gasteiger partial charge on any atom is -0.496 e. The third-order valence-corrected chi connectivity index (χ3v) is 6.89. The topological polar surface area (TPSA) is 92.8 Å². The van der Waals surface area contributed by atoms with Crippen LogP contribution in [0.2, 0.25) is 0 Å². The van der Waals surface area contributed by atoms with Crippen LogP contribution < -0.4 is 14.4 Å². The van der Waals surface area contributed by atoms with Crippen LogP contribution in [-0.4, -0.2) is 40.0 Å². The number of ether oxygens (including phenoxy) is 1. The number of ketones is 1. The molecule has 7 nitrogen and oxygen atoms in total. The number of nitrogens with one attached hydrogen (secondary N) is 1. The maximum atomic E-state index is 12.7. The molecule has 0 radical (unpaired) electrons. The van der Waals surface area contributed by atoms with Crippen molar-refractivity contribution in [2.45, 2.75) is 39.0 Å². The molecule has 35 heavy (non-hydrogen) atoms. The largest absolute Gasteiger partial charge is 0.496 e. The van der Waals surface area contributed by atoms with Crippen LogP contribution in [-0.2, 0) is 31.4 Å². The van der Waals surface area contributed by atoms with E-state index in [-0.39, 0.29) is 30.1 Å². The van der Waals surface area contributed by atoms with Crippen LogP contribution in [0.4, 0.5) is 5.69 Å². The summed E-state index contributed by atoms with van der Waals surface area (Å²) >= 11 is 0. The number of nitrogens with zero attached hydrogens (tertiary/aromatic N) is 1. The van der Waals surface area contributed by atoms with Gasteiger partial charge in [-0.1, -0.05) is 45.0 Å². The van der Waals surface area contributed by atoms with Gasteiger partial charge >= 0.3 is 0 Å². The molecule has 0 saturated carbocycles. The lowest BCUT2D eigenvalue weighted by Gasteiger charge is -2.28. The van der Waals surface area contributed by atoms with E-state index in [9.17, 15) is 18.0 Å². The number of amides is 1. The van der Waals surface area contributed by atoms with E-state index in [1.54, 1.807) is 7.11 Å². The molecule has 1 amide bonds. The number of anilines is 1. The second-order valence-corrected chi connectivity index (χ2v) is 11.8. The molecule has 1 aliphatic heterocycles. The Bertz CT molecular complexity index is 1380. The minimum absolute atomic E-state index is 0.155. The highest BCUT2D eigenvalue weighted by Gasteiger charge is 2.28. The van der Waals surface area contributed by atoms with Gasteiger partial charge in [0.25, 0.3) is 0 Å². The highest BCUT2D eigenvalue weighted by Crippen LogP contribution is 2.44. The van der Waals surface area contributed by atoms with Gasteiger partial charge in [-0.15, -0.1) is 0 Å². The van der Waals surface area contributed by atoms with E-state index in [2.05, 4.69) is 31.6 Å². The van der Waals surface area contributed by atoms with Crippen LogP contribution in [0.25, 0.3) is 16.7 Å². The van der Waals surface area contributed by atoms with Crippen molar-refractivity contribution in [2.75, 3.05) is 24.8 Å². The van der Waals surface area contributed by atoms with Gasteiger partial charge in [-0.05, 0) is 52.3 Å². The first-order valence-electron chi connectivity index (χ1n) is 11.4. The average Bonchev–Trinajstić information content (AvgIpc) is 3.18. The van der Waals surface area contributed by atoms with Crippen molar-refractivity contribution in [3.63, 3.8) is 0 Å². The Morgan fingerprint density at radius 3 is 2.46 bits per heavy atom. The van der Waals surface area contributed by atoms with E-state index >= 15 is 0 Å². The molecule has 1 aliphatic carbocycles. The first-order valence-corrected chi connectivity index (χ1v) is 13.3. The molecule has 0 unspecified atom stereocenters. The molecule has 0 atom stereocenters. The maximum Gasteiger partial charge on any atom is 0.238 e. The number of hydrogen-bond acceptors (Lipinski definition) is 5. The number of rotatable bonds is 6. The molecule has 184 valence electrons. The van der Waals surface area contributed by atoms with Gasteiger partial charge in [0, 0.05) is 29.6 Å². The van der Waals surface area contributed by atoms with Gasteiger partial charge < -0.3 is 4.74 Å². The standard InChI is InChI=1S/C27H30N2O5S/c1-27(2,3)24-14-20(29-11-10-21(30)15-25(29)31)13-23(26(24)34-4)18-8-9-22-17(12-18)6-7-19(22)16-28-35(5,32)33/h7-14,28H,6,15-16H2,1-5H3. The van der Waals surface area contributed by atoms with E-state index < -0.39 is 10.0 Å². The lowest BCUT2D eigenvalue weighted by molar-refractivity contribution is -0.124. The predicted octanol–water partition coefficient (Wildman–Crippen LogP) is 3.97. The van der Waals surface area contributed by atoms with Crippen molar-refractivity contribution < 1.29 is 22.7 Å². The predicted molar refractivity (Wildman–Crippen MR) is 138 cm³/mol. The normalized spacial score (nSPS) is 15.9. The zero-order valence-electron chi connectivity index (χ0n) is 20.6. The summed E-state index contributed by atoms with van der Waals surface area (Å²) in [5.41, 5.74) is 6.19. The van der Waals surface area contributed by atoms with E-state index in [0.717, 1.165) is 45.4 Å². The second-order valence-electron chi connectivity index (χ2n) is 9.95. The fourth-order valence-electron chi connectivity index (χ4n) is 4.47. The Morgan fingerprint density at radius 1 is 1.09 bits per heavy atom. The Balaban J connectivity index is 1.80. The summed E-state index contributed by atoms with van der Waals surface area (Å²) in [5, 5.41) is 0. The van der Waals surface area contributed by atoms with Gasteiger partial charge in [-0.2, -0.15) is 0 Å². The van der Waals surface area contributed by atoms with Crippen molar-refractivity contribution >= 4 is 33.0 Å². The Hall–Kier alpha value is -3.23. The van der Waals surface area contributed by atoms with E-state index in [1.165, 1.54) is 17.2 Å². The van der Waals surface area contributed by atoms with Crippen LogP contribution >= 0.6 is 0 Å². The number of fused-ring (bicyclic) bond motifs is 1. The van der Waals surface area contributed by atoms with Gasteiger partial charge in [0.05, 0.1) is 19.8 Å². The molecule has 0 fully saturated rings. The monoisotopic (exact) mass is 494 g/mol. The molecule has 1 heterocycles. The summed E-state index contributed by atoms with van der Waals surface area (Å²) in [7, 11) is -1.64. The Morgan fingerprint density at radius 2 is 1.83 bits per heavy atom. The van der Waals surface area contributed by atoms with Crippen LogP contribution in [0.15, 0.2) is 48.7 Å². The summed E-state index contributed by atoms with van der Waals surface area (Å²) in [6.45, 7) is 6.51. The molecule has 8 heteroatoms. The number of benzene rings is 2. The highest BCUT2D eigenvalue weighted by molar-refractivity contribution is 7.88. The smallest absolute Gasteiger partial charge is 0.238 e. The highest BCUT2D eigenvalue weighted by atomic mass is 32.2. The van der Waals surface area contributed by atoms with Crippen LogP contribution in [0, 0.1) is 0 Å². The SMILES string of the molecule is COc1c(-c2ccc3c(c2)CC=C3CNS(C)(=O)=O)cc(N2C=CC(=O)CC2=O)cc1C(C)(C)C. The second kappa shape index (κ2) is 9.09. The molecular weight excluding hydrogens is 464 g/mol. The van der Waals surface area contributed by atoms with Crippen molar-refractivity contribution in [3.8, 4) is 16.9 Å². The van der Waals surface area contributed by atoms with Gasteiger partial charge in [0.15, 0.2) is 5.78 Å². The first-order chi connectivity index (χ1) is 16.4. The molecule has 0 spiro atoms. The first kappa shape index (κ1) is 24.9. The molecule has 1 N–H and O–H groups in total. The zero-order valence-corrected chi connectivity index (χ0v) is 21.5. The molecule has 2 aliphatic rings. The van der Waals surface area contributed by atoms with Crippen LogP contribution in [0.3, 0.4) is 0 Å². The molecule has 0 bridgehead atoms. The van der Waals surface area contributed by atoms with Crippen molar-refractivity contribution in [3.05, 3.63) is 65.4 Å². The number of carbonyl (C=O) groups is 2. The number of allylic oxidation sites excluding steroid dienone is 2. The summed E-state index contributed by atoms with van der Waals surface area (Å²) < 4.78 is 31.5. The molecule has 4 rings (SSSR count). The summed E-state index contributed by atoms with van der Waals surface area (Å²) in [6.07, 6.45) is 6.69. The summed E-state index contributed by atoms with van der Waals surface area (Å²) in [6, 6.07) is 9.95. The quantitative estimate of drug-likeness (QED) is 0.614. The number of methoxy groups -OCH3 is 1. The fraction of sp³-hybridized carbons (Fsp3) is 0.333. The van der Waals surface area contributed by atoms with Gasteiger partial charge in [-0.3, -0.25) is 14.5 Å². The third kappa shape index (κ3) is 5.23. The van der Waals surface area contributed by atoms with Crippen molar-refractivity contribution in [2.24, 2.45) is 0 Å². The zero-order chi connectivity index (χ0) is 25.5. The molecule has 0 aromatic heterocycles. The van der Waals surface area contributed by atoms with E-state index in [1.807, 2.05) is 30.3 Å². The van der Waals surface area contributed by atoms with E-state index in [0.29, 0.717) is 12.1 Å². The average molecular weight is 495 g/mol. The lowest BCUT2D eigenvalue weighted by atomic mass is 9.83. The van der Waals surface area contributed by atoms with Crippen molar-refractivity contribution in [1.82, 2.24) is 4.72 Å².